The highest BCUT2D eigenvalue weighted by Crippen LogP contribution is 2.20. The Bertz CT molecular complexity index is 1140. The summed E-state index contributed by atoms with van der Waals surface area (Å²) in [5.74, 6) is -0.284. The van der Waals surface area contributed by atoms with Gasteiger partial charge in [-0.2, -0.15) is 0 Å². The number of benzene rings is 2. The molecule has 7 nitrogen and oxygen atoms in total. The predicted octanol–water partition coefficient (Wildman–Crippen LogP) is 3.26. The number of pyridine rings is 1. The molecule has 10 heteroatoms. The molecule has 3 aromatic rings. The number of carbonyl (C=O) groups is 1. The summed E-state index contributed by atoms with van der Waals surface area (Å²) in [7, 11) is -4.01. The molecule has 2 aromatic carbocycles. The normalized spacial score (nSPS) is 11.1. The molecule has 1 heterocycles. The summed E-state index contributed by atoms with van der Waals surface area (Å²) >= 11 is 5.60. The molecule has 1 amide bonds. The van der Waals surface area contributed by atoms with Crippen molar-refractivity contribution in [3.63, 3.8) is 0 Å². The first-order chi connectivity index (χ1) is 14.3. The molecule has 0 atom stereocenters. The Labute approximate surface area is 177 Å². The van der Waals surface area contributed by atoms with Crippen molar-refractivity contribution in [2.75, 3.05) is 6.54 Å². The van der Waals surface area contributed by atoms with Gasteiger partial charge in [-0.3, -0.25) is 4.79 Å². The number of nitrogens with one attached hydrogen (secondary N) is 2. The first-order valence-electron chi connectivity index (χ1n) is 8.73. The van der Waals surface area contributed by atoms with E-state index in [0.717, 1.165) is 23.8 Å². The maximum absolute atomic E-state index is 13.2. The molecule has 0 aliphatic heterocycles. The Morgan fingerprint density at radius 3 is 2.67 bits per heavy atom. The van der Waals surface area contributed by atoms with Gasteiger partial charge in [0.1, 0.15) is 11.6 Å². The number of amides is 1. The number of rotatable bonds is 8. The maximum atomic E-state index is 13.2. The average molecular weight is 450 g/mol. The monoisotopic (exact) mass is 449 g/mol. The molecular formula is C20H17ClFN3O4S. The fourth-order valence-electron chi connectivity index (χ4n) is 2.40. The molecule has 3 rings (SSSR count). The summed E-state index contributed by atoms with van der Waals surface area (Å²) in [4.78, 5) is 15.9. The molecule has 30 heavy (non-hydrogen) atoms. The fraction of sp³-hybridized carbons (Fsp3) is 0.100. The minimum atomic E-state index is -4.01. The summed E-state index contributed by atoms with van der Waals surface area (Å²) in [6.07, 6.45) is 1.61. The van der Waals surface area contributed by atoms with Gasteiger partial charge in [0.2, 0.25) is 21.8 Å². The van der Waals surface area contributed by atoms with Crippen LogP contribution in [0, 0.1) is 5.82 Å². The van der Waals surface area contributed by atoms with Gasteiger partial charge in [0.15, 0.2) is 0 Å². The predicted molar refractivity (Wildman–Crippen MR) is 109 cm³/mol. The second-order valence-corrected chi connectivity index (χ2v) is 8.27. The van der Waals surface area contributed by atoms with Crippen LogP contribution in [0.1, 0.15) is 5.56 Å². The van der Waals surface area contributed by atoms with E-state index in [2.05, 4.69) is 15.0 Å². The summed E-state index contributed by atoms with van der Waals surface area (Å²) < 4.78 is 45.4. The number of aromatic nitrogens is 1. The quantitative estimate of drug-likeness (QED) is 0.550. The minimum Gasteiger partial charge on any atom is -0.439 e. The molecule has 0 saturated heterocycles. The SMILES string of the molecule is O=C(CNS(=O)(=O)c1ccc(F)c(Cl)c1)NCc1cccc(Oc2ccccn2)c1. The van der Waals surface area contributed by atoms with E-state index in [9.17, 15) is 17.6 Å². The molecule has 156 valence electrons. The summed E-state index contributed by atoms with van der Waals surface area (Å²) in [5.41, 5.74) is 0.755. The van der Waals surface area contributed by atoms with Crippen molar-refractivity contribution in [1.29, 1.82) is 0 Å². The number of hydrogen-bond donors (Lipinski definition) is 2. The lowest BCUT2D eigenvalue weighted by Gasteiger charge is -2.10. The Morgan fingerprint density at radius 2 is 1.93 bits per heavy atom. The molecule has 0 unspecified atom stereocenters. The summed E-state index contributed by atoms with van der Waals surface area (Å²) in [6, 6.07) is 15.3. The molecule has 0 aliphatic carbocycles. The van der Waals surface area contributed by atoms with Crippen LogP contribution >= 0.6 is 11.6 Å². The van der Waals surface area contributed by atoms with E-state index in [1.807, 2.05) is 0 Å². The van der Waals surface area contributed by atoms with Crippen molar-refractivity contribution in [2.45, 2.75) is 11.4 Å². The fourth-order valence-corrected chi connectivity index (χ4v) is 3.65. The maximum Gasteiger partial charge on any atom is 0.241 e. The summed E-state index contributed by atoms with van der Waals surface area (Å²) in [6.45, 7) is -0.316. The molecular weight excluding hydrogens is 433 g/mol. The van der Waals surface area contributed by atoms with Crippen LogP contribution in [0.4, 0.5) is 4.39 Å². The van der Waals surface area contributed by atoms with Crippen molar-refractivity contribution in [2.24, 2.45) is 0 Å². The Morgan fingerprint density at radius 1 is 1.10 bits per heavy atom. The van der Waals surface area contributed by atoms with E-state index in [1.165, 1.54) is 0 Å². The van der Waals surface area contributed by atoms with Crippen LogP contribution in [0.5, 0.6) is 11.6 Å². The van der Waals surface area contributed by atoms with Crippen molar-refractivity contribution >= 4 is 27.5 Å². The van der Waals surface area contributed by atoms with Crippen LogP contribution < -0.4 is 14.8 Å². The van der Waals surface area contributed by atoms with Gasteiger partial charge in [-0.25, -0.2) is 22.5 Å². The number of sulfonamides is 1. The largest absolute Gasteiger partial charge is 0.439 e. The van der Waals surface area contributed by atoms with Gasteiger partial charge in [0.25, 0.3) is 0 Å². The molecule has 0 spiro atoms. The van der Waals surface area contributed by atoms with Crippen molar-refractivity contribution in [1.82, 2.24) is 15.0 Å². The van der Waals surface area contributed by atoms with Crippen LogP contribution in [-0.2, 0) is 21.4 Å². The lowest BCUT2D eigenvalue weighted by atomic mass is 10.2. The van der Waals surface area contributed by atoms with Crippen molar-refractivity contribution in [3.8, 4) is 11.6 Å². The third-order valence-electron chi connectivity index (χ3n) is 3.87. The lowest BCUT2D eigenvalue weighted by molar-refractivity contribution is -0.120. The first kappa shape index (κ1) is 21.7. The van der Waals surface area contributed by atoms with Gasteiger partial charge < -0.3 is 10.1 Å². The van der Waals surface area contributed by atoms with Crippen LogP contribution in [0.2, 0.25) is 5.02 Å². The average Bonchev–Trinajstić information content (AvgIpc) is 2.74. The molecule has 0 fully saturated rings. The number of hydrogen-bond acceptors (Lipinski definition) is 5. The van der Waals surface area contributed by atoms with Crippen LogP contribution in [0.25, 0.3) is 0 Å². The van der Waals surface area contributed by atoms with E-state index in [-0.39, 0.29) is 16.5 Å². The third-order valence-corrected chi connectivity index (χ3v) is 5.56. The van der Waals surface area contributed by atoms with Gasteiger partial charge in [0, 0.05) is 18.8 Å². The molecule has 0 aliphatic rings. The second kappa shape index (κ2) is 9.66. The number of nitrogens with zero attached hydrogens (tertiary/aromatic N) is 1. The lowest BCUT2D eigenvalue weighted by Crippen LogP contribution is -2.36. The molecule has 2 N–H and O–H groups in total. The van der Waals surface area contributed by atoms with Crippen molar-refractivity contribution in [3.05, 3.63) is 83.3 Å². The minimum absolute atomic E-state index is 0.169. The molecule has 0 radical (unpaired) electrons. The standard InChI is InChI=1S/C20H17ClFN3O4S/c21-17-11-16(7-8-18(17)22)30(27,28)25-13-19(26)24-12-14-4-3-5-15(10-14)29-20-6-1-2-9-23-20/h1-11,25H,12-13H2,(H,24,26). The number of carbonyl (C=O) groups excluding carboxylic acids is 1. The second-order valence-electron chi connectivity index (χ2n) is 6.09. The van der Waals surface area contributed by atoms with Gasteiger partial charge in [-0.15, -0.1) is 0 Å². The highest BCUT2D eigenvalue weighted by atomic mass is 35.5. The smallest absolute Gasteiger partial charge is 0.241 e. The zero-order valence-corrected chi connectivity index (χ0v) is 17.1. The third kappa shape index (κ3) is 5.99. The van der Waals surface area contributed by atoms with Gasteiger partial charge in [-0.05, 0) is 42.0 Å². The van der Waals surface area contributed by atoms with E-state index in [4.69, 9.17) is 16.3 Å². The number of halogens is 2. The molecule has 0 saturated carbocycles. The van der Waals surface area contributed by atoms with Gasteiger partial charge in [-0.1, -0.05) is 29.8 Å². The van der Waals surface area contributed by atoms with E-state index >= 15 is 0 Å². The Kier molecular flexibility index (Phi) is 6.99. The highest BCUT2D eigenvalue weighted by molar-refractivity contribution is 7.89. The van der Waals surface area contributed by atoms with E-state index in [1.54, 1.807) is 48.7 Å². The van der Waals surface area contributed by atoms with Crippen molar-refractivity contribution < 1.29 is 22.3 Å². The molecule has 1 aromatic heterocycles. The zero-order chi connectivity index (χ0) is 21.6. The van der Waals surface area contributed by atoms with E-state index in [0.29, 0.717) is 11.6 Å². The van der Waals surface area contributed by atoms with Crippen LogP contribution in [-0.4, -0.2) is 25.9 Å². The van der Waals surface area contributed by atoms with Gasteiger partial charge in [0.05, 0.1) is 16.5 Å². The van der Waals surface area contributed by atoms with Crippen LogP contribution in [0.3, 0.4) is 0 Å². The topological polar surface area (TPSA) is 97.4 Å². The van der Waals surface area contributed by atoms with E-state index < -0.39 is 28.3 Å². The molecule has 0 bridgehead atoms. The van der Waals surface area contributed by atoms with Gasteiger partial charge >= 0.3 is 0 Å². The first-order valence-corrected chi connectivity index (χ1v) is 10.6. The number of ether oxygens (including phenoxy) is 1. The highest BCUT2D eigenvalue weighted by Gasteiger charge is 2.17. The Hall–Kier alpha value is -3.01. The van der Waals surface area contributed by atoms with Crippen LogP contribution in [0.15, 0.2) is 71.8 Å². The Balaban J connectivity index is 1.53. The summed E-state index contributed by atoms with van der Waals surface area (Å²) in [5, 5.41) is 2.29. The zero-order valence-electron chi connectivity index (χ0n) is 15.5.